The third-order valence-electron chi connectivity index (χ3n) is 7.68. The van der Waals surface area contributed by atoms with E-state index in [9.17, 15) is 4.79 Å². The maximum absolute atomic E-state index is 12.8. The Balaban J connectivity index is 0.00000616. The van der Waals surface area contributed by atoms with Gasteiger partial charge >= 0.3 is 0 Å². The SMILES string of the molecule is Br.CCCCCCCCCCCCCCOc1cc(CN(C(C)=O)c2ccccc2CN2C=C(C)SC2)ccc1OC. The predicted octanol–water partition coefficient (Wildman–Crippen LogP) is 10.3. The van der Waals surface area contributed by atoms with Gasteiger partial charge in [-0.15, -0.1) is 28.7 Å². The van der Waals surface area contributed by atoms with Crippen LogP contribution in [0.1, 0.15) is 109 Å². The fourth-order valence-corrected chi connectivity index (χ4v) is 6.10. The minimum atomic E-state index is 0. The molecule has 0 spiro atoms. The van der Waals surface area contributed by atoms with Crippen molar-refractivity contribution >= 4 is 40.3 Å². The second kappa shape index (κ2) is 20.7. The van der Waals surface area contributed by atoms with E-state index >= 15 is 0 Å². The molecule has 234 valence electrons. The van der Waals surface area contributed by atoms with E-state index in [1.165, 1.54) is 75.5 Å². The van der Waals surface area contributed by atoms with Gasteiger partial charge in [-0.2, -0.15) is 0 Å². The molecule has 2 aromatic rings. The molecule has 0 N–H and O–H groups in total. The molecule has 0 unspecified atom stereocenters. The number of thioether (sulfide) groups is 1. The van der Waals surface area contributed by atoms with Crippen LogP contribution in [0.2, 0.25) is 0 Å². The molecule has 0 atom stereocenters. The number of anilines is 1. The summed E-state index contributed by atoms with van der Waals surface area (Å²) in [7, 11) is 1.68. The third-order valence-corrected chi connectivity index (χ3v) is 8.70. The van der Waals surface area contributed by atoms with Crippen molar-refractivity contribution < 1.29 is 14.3 Å². The Morgan fingerprint density at radius 1 is 0.905 bits per heavy atom. The van der Waals surface area contributed by atoms with Crippen molar-refractivity contribution in [2.75, 3.05) is 24.5 Å². The van der Waals surface area contributed by atoms with E-state index in [1.54, 1.807) is 14.0 Å². The van der Waals surface area contributed by atoms with Crippen molar-refractivity contribution in [3.05, 3.63) is 64.7 Å². The number of methoxy groups -OCH3 is 1. The molecule has 5 nitrogen and oxygen atoms in total. The summed E-state index contributed by atoms with van der Waals surface area (Å²) in [5, 5.41) is 0. The fraction of sp³-hybridized carbons (Fsp3) is 0.571. The van der Waals surface area contributed by atoms with E-state index in [0.717, 1.165) is 47.2 Å². The highest BCUT2D eigenvalue weighted by Crippen LogP contribution is 2.32. The Morgan fingerprint density at radius 3 is 2.14 bits per heavy atom. The van der Waals surface area contributed by atoms with E-state index < -0.39 is 0 Å². The molecule has 0 aliphatic carbocycles. The summed E-state index contributed by atoms with van der Waals surface area (Å²) in [4.78, 5) is 18.3. The molecule has 1 aliphatic heterocycles. The second-order valence-electron chi connectivity index (χ2n) is 11.2. The van der Waals surface area contributed by atoms with E-state index in [2.05, 4.69) is 31.0 Å². The van der Waals surface area contributed by atoms with Gasteiger partial charge < -0.3 is 19.3 Å². The lowest BCUT2D eigenvalue weighted by atomic mass is 10.1. The summed E-state index contributed by atoms with van der Waals surface area (Å²) in [6.45, 7) is 7.99. The molecule has 0 saturated carbocycles. The fourth-order valence-electron chi connectivity index (χ4n) is 5.34. The van der Waals surface area contributed by atoms with Crippen molar-refractivity contribution in [1.29, 1.82) is 0 Å². The number of allylic oxidation sites excluding steroid dienone is 1. The minimum Gasteiger partial charge on any atom is -0.493 e. The molecule has 1 heterocycles. The molecule has 3 rings (SSSR count). The highest BCUT2D eigenvalue weighted by molar-refractivity contribution is 8.93. The van der Waals surface area contributed by atoms with Gasteiger partial charge in [0.2, 0.25) is 5.91 Å². The van der Waals surface area contributed by atoms with Gasteiger partial charge in [0.05, 0.1) is 26.1 Å². The minimum absolute atomic E-state index is 0. The summed E-state index contributed by atoms with van der Waals surface area (Å²) in [6.07, 6.45) is 18.1. The average molecular weight is 662 g/mol. The summed E-state index contributed by atoms with van der Waals surface area (Å²) >= 11 is 1.85. The Kier molecular flexibility index (Phi) is 17.8. The molecule has 1 aliphatic rings. The number of carbonyl (C=O) groups excluding carboxylic acids is 1. The normalized spacial score (nSPS) is 12.6. The molecule has 42 heavy (non-hydrogen) atoms. The Bertz CT molecular complexity index is 1090. The standard InChI is InChI=1S/C35H52N2O3S.BrH/c1-5-6-7-8-9-10-11-12-13-14-15-18-23-40-35-24-31(21-22-34(35)39-4)26-37(30(3)38)33-20-17-16-19-32(33)27-36-25-29(2)41-28-36;/h16-17,19-22,24-25H,5-15,18,23,26-28H2,1-4H3;1H. The molecule has 7 heteroatoms. The summed E-state index contributed by atoms with van der Waals surface area (Å²) in [6, 6.07) is 14.2. The van der Waals surface area contributed by atoms with Crippen LogP contribution in [-0.4, -0.2) is 30.4 Å². The third kappa shape index (κ3) is 12.6. The van der Waals surface area contributed by atoms with Gasteiger partial charge in [0.15, 0.2) is 11.5 Å². The lowest BCUT2D eigenvalue weighted by Gasteiger charge is -2.26. The molecule has 0 bridgehead atoms. The van der Waals surface area contributed by atoms with Crippen molar-refractivity contribution in [1.82, 2.24) is 4.90 Å². The van der Waals surface area contributed by atoms with Crippen LogP contribution in [0.25, 0.3) is 0 Å². The number of hydrogen-bond donors (Lipinski definition) is 0. The number of ether oxygens (including phenoxy) is 2. The first-order chi connectivity index (χ1) is 20.0. The zero-order chi connectivity index (χ0) is 29.3. The molecule has 1 amide bonds. The van der Waals surface area contributed by atoms with Crippen LogP contribution in [0, 0.1) is 0 Å². The number of para-hydroxylation sites is 1. The van der Waals surface area contributed by atoms with Gasteiger partial charge in [-0.3, -0.25) is 4.79 Å². The van der Waals surface area contributed by atoms with E-state index in [1.807, 2.05) is 53.1 Å². The van der Waals surface area contributed by atoms with Crippen LogP contribution in [0.15, 0.2) is 53.6 Å². The molecule has 0 radical (unpaired) electrons. The maximum atomic E-state index is 12.8. The lowest BCUT2D eigenvalue weighted by Crippen LogP contribution is -2.29. The smallest absolute Gasteiger partial charge is 0.224 e. The highest BCUT2D eigenvalue weighted by Gasteiger charge is 2.19. The number of rotatable bonds is 20. The topological polar surface area (TPSA) is 42.0 Å². The monoisotopic (exact) mass is 660 g/mol. The largest absolute Gasteiger partial charge is 0.493 e. The molecular formula is C35H53BrN2O3S. The van der Waals surface area contributed by atoms with Gasteiger partial charge in [-0.1, -0.05) is 102 Å². The first-order valence-electron chi connectivity index (χ1n) is 15.7. The van der Waals surface area contributed by atoms with Gasteiger partial charge in [0, 0.05) is 25.4 Å². The first kappa shape index (κ1) is 36.1. The average Bonchev–Trinajstić information content (AvgIpc) is 3.38. The molecular weight excluding hydrogens is 608 g/mol. The summed E-state index contributed by atoms with van der Waals surface area (Å²) in [5.74, 6) is 2.45. The van der Waals surface area contributed by atoms with Crippen molar-refractivity contribution in [2.24, 2.45) is 0 Å². The molecule has 2 aromatic carbocycles. The summed E-state index contributed by atoms with van der Waals surface area (Å²) in [5.41, 5.74) is 3.12. The highest BCUT2D eigenvalue weighted by atomic mass is 79.9. The number of nitrogens with zero attached hydrogens (tertiary/aromatic N) is 2. The Hall–Kier alpha value is -2.12. The Labute approximate surface area is 270 Å². The van der Waals surface area contributed by atoms with Crippen LogP contribution >= 0.6 is 28.7 Å². The number of halogens is 1. The number of carbonyl (C=O) groups is 1. The van der Waals surface area contributed by atoms with Gasteiger partial charge in [0.25, 0.3) is 0 Å². The van der Waals surface area contributed by atoms with E-state index in [-0.39, 0.29) is 22.9 Å². The van der Waals surface area contributed by atoms with Crippen LogP contribution in [-0.2, 0) is 17.9 Å². The maximum Gasteiger partial charge on any atom is 0.224 e. The van der Waals surface area contributed by atoms with Gasteiger partial charge in [-0.25, -0.2) is 0 Å². The number of benzene rings is 2. The Morgan fingerprint density at radius 2 is 1.55 bits per heavy atom. The van der Waals surface area contributed by atoms with E-state index in [0.29, 0.717) is 13.2 Å². The number of unbranched alkanes of at least 4 members (excludes halogenated alkanes) is 11. The number of hydrogen-bond acceptors (Lipinski definition) is 5. The zero-order valence-electron chi connectivity index (χ0n) is 26.4. The van der Waals surface area contributed by atoms with Gasteiger partial charge in [0.1, 0.15) is 0 Å². The van der Waals surface area contributed by atoms with Crippen LogP contribution in [0.3, 0.4) is 0 Å². The molecule has 0 aromatic heterocycles. The second-order valence-corrected chi connectivity index (χ2v) is 12.4. The van der Waals surface area contributed by atoms with Crippen molar-refractivity contribution in [3.63, 3.8) is 0 Å². The molecule has 0 fully saturated rings. The zero-order valence-corrected chi connectivity index (χ0v) is 28.9. The van der Waals surface area contributed by atoms with E-state index in [4.69, 9.17) is 9.47 Å². The number of amides is 1. The first-order valence-corrected chi connectivity index (χ1v) is 16.7. The quantitative estimate of drug-likeness (QED) is 0.132. The van der Waals surface area contributed by atoms with Gasteiger partial charge in [-0.05, 0) is 47.6 Å². The molecule has 0 saturated heterocycles. The van der Waals surface area contributed by atoms with Crippen LogP contribution in [0.5, 0.6) is 11.5 Å². The van der Waals surface area contributed by atoms with Crippen LogP contribution < -0.4 is 14.4 Å². The van der Waals surface area contributed by atoms with Crippen molar-refractivity contribution in [3.8, 4) is 11.5 Å². The summed E-state index contributed by atoms with van der Waals surface area (Å²) < 4.78 is 11.8. The lowest BCUT2D eigenvalue weighted by molar-refractivity contribution is -0.116. The van der Waals surface area contributed by atoms with Crippen molar-refractivity contribution in [2.45, 2.75) is 111 Å². The van der Waals surface area contributed by atoms with Crippen LogP contribution in [0.4, 0.5) is 5.69 Å². The predicted molar refractivity (Wildman–Crippen MR) is 185 cm³/mol.